The van der Waals surface area contributed by atoms with E-state index in [0.717, 1.165) is 27.7 Å². The van der Waals surface area contributed by atoms with Gasteiger partial charge in [-0.25, -0.2) is 12.4 Å². The fourth-order valence-electron chi connectivity index (χ4n) is 3.43. The highest BCUT2D eigenvalue weighted by Crippen LogP contribution is 2.31. The fraction of sp³-hybridized carbons (Fsp3) is 0.0909. The minimum atomic E-state index is -3.65. The van der Waals surface area contributed by atoms with Gasteiger partial charge in [-0.3, -0.25) is 0 Å². The number of hydrogen-bond donors (Lipinski definition) is 0. The van der Waals surface area contributed by atoms with Gasteiger partial charge in [-0.05, 0) is 42.7 Å². The number of para-hydroxylation sites is 1. The van der Waals surface area contributed by atoms with Gasteiger partial charge in [0.2, 0.25) is 0 Å². The summed E-state index contributed by atoms with van der Waals surface area (Å²) in [5.41, 5.74) is 3.70. The molecule has 0 N–H and O–H groups in total. The van der Waals surface area contributed by atoms with Crippen molar-refractivity contribution in [3.8, 4) is 0 Å². The Kier molecular flexibility index (Phi) is 4.13. The first-order valence-electron chi connectivity index (χ1n) is 8.52. The van der Waals surface area contributed by atoms with Crippen molar-refractivity contribution in [2.24, 2.45) is 0 Å². The number of hydrogen-bond acceptors (Lipinski definition) is 2. The highest BCUT2D eigenvalue weighted by Gasteiger charge is 2.24. The van der Waals surface area contributed by atoms with Gasteiger partial charge in [0, 0.05) is 11.1 Å². The molecule has 4 heteroatoms. The Balaban J connectivity index is 1.96. The molecule has 0 radical (unpaired) electrons. The molecule has 0 atom stereocenters. The van der Waals surface area contributed by atoms with Crippen LogP contribution < -0.4 is 0 Å². The van der Waals surface area contributed by atoms with Crippen LogP contribution in [0.15, 0.2) is 89.8 Å². The van der Waals surface area contributed by atoms with Gasteiger partial charge < -0.3 is 0 Å². The molecule has 3 aromatic carbocycles. The molecule has 0 unspecified atom stereocenters. The molecule has 0 amide bonds. The van der Waals surface area contributed by atoms with E-state index in [1.807, 2.05) is 55.5 Å². The highest BCUT2D eigenvalue weighted by molar-refractivity contribution is 7.90. The number of fused-ring (bicyclic) bond motifs is 1. The number of benzene rings is 3. The van der Waals surface area contributed by atoms with Gasteiger partial charge in [-0.2, -0.15) is 0 Å². The highest BCUT2D eigenvalue weighted by atomic mass is 32.2. The van der Waals surface area contributed by atoms with E-state index in [4.69, 9.17) is 0 Å². The van der Waals surface area contributed by atoms with Crippen LogP contribution in [0.1, 0.15) is 16.8 Å². The number of nitrogens with zero attached hydrogens (tertiary/aromatic N) is 1. The maximum absolute atomic E-state index is 13.3. The minimum absolute atomic E-state index is 0.301. The van der Waals surface area contributed by atoms with Crippen LogP contribution in [0.4, 0.5) is 0 Å². The summed E-state index contributed by atoms with van der Waals surface area (Å²) in [6, 6.07) is 26.4. The second kappa shape index (κ2) is 6.46. The van der Waals surface area contributed by atoms with E-state index in [-0.39, 0.29) is 0 Å². The van der Waals surface area contributed by atoms with Crippen LogP contribution in [0, 0.1) is 6.92 Å². The van der Waals surface area contributed by atoms with E-state index in [1.165, 1.54) is 3.97 Å². The van der Waals surface area contributed by atoms with Crippen molar-refractivity contribution in [2.75, 3.05) is 0 Å². The van der Waals surface area contributed by atoms with Crippen LogP contribution in [0.3, 0.4) is 0 Å². The van der Waals surface area contributed by atoms with Crippen molar-refractivity contribution in [1.29, 1.82) is 0 Å². The smallest absolute Gasteiger partial charge is 0.238 e. The summed E-state index contributed by atoms with van der Waals surface area (Å²) < 4.78 is 28.1. The minimum Gasteiger partial charge on any atom is -0.238 e. The van der Waals surface area contributed by atoms with Gasteiger partial charge in [0.05, 0.1) is 10.4 Å². The molecule has 4 rings (SSSR count). The molecule has 0 spiro atoms. The van der Waals surface area contributed by atoms with Crippen LogP contribution in [-0.2, 0) is 16.4 Å². The van der Waals surface area contributed by atoms with E-state index in [2.05, 4.69) is 12.1 Å². The van der Waals surface area contributed by atoms with Crippen LogP contribution in [-0.4, -0.2) is 12.4 Å². The van der Waals surface area contributed by atoms with E-state index >= 15 is 0 Å². The molecule has 0 aliphatic heterocycles. The van der Waals surface area contributed by atoms with Gasteiger partial charge in [0.1, 0.15) is 0 Å². The second-order valence-electron chi connectivity index (χ2n) is 6.33. The molecular formula is C22H19NO2S. The molecule has 0 saturated carbocycles. The van der Waals surface area contributed by atoms with Crippen LogP contribution in [0.2, 0.25) is 0 Å². The lowest BCUT2D eigenvalue weighted by molar-refractivity contribution is 0.588. The Morgan fingerprint density at radius 3 is 2.04 bits per heavy atom. The maximum Gasteiger partial charge on any atom is 0.268 e. The van der Waals surface area contributed by atoms with Crippen molar-refractivity contribution in [3.63, 3.8) is 0 Å². The molecule has 0 aliphatic rings. The van der Waals surface area contributed by atoms with Crippen molar-refractivity contribution in [1.82, 2.24) is 3.97 Å². The quantitative estimate of drug-likeness (QED) is 0.525. The van der Waals surface area contributed by atoms with Crippen molar-refractivity contribution in [3.05, 3.63) is 102 Å². The van der Waals surface area contributed by atoms with Crippen LogP contribution >= 0.6 is 0 Å². The second-order valence-corrected chi connectivity index (χ2v) is 8.11. The average molecular weight is 361 g/mol. The van der Waals surface area contributed by atoms with E-state index in [0.29, 0.717) is 11.3 Å². The summed E-state index contributed by atoms with van der Waals surface area (Å²) in [7, 11) is -3.65. The lowest BCUT2D eigenvalue weighted by atomic mass is 10.0. The maximum atomic E-state index is 13.3. The molecule has 0 bridgehead atoms. The third-order valence-corrected chi connectivity index (χ3v) is 6.51. The first kappa shape index (κ1) is 16.6. The van der Waals surface area contributed by atoms with Crippen LogP contribution in [0.5, 0.6) is 0 Å². The Hall–Kier alpha value is -2.85. The largest absolute Gasteiger partial charge is 0.268 e. The molecule has 0 saturated heterocycles. The monoisotopic (exact) mass is 361 g/mol. The zero-order valence-electron chi connectivity index (χ0n) is 14.5. The molecule has 3 nitrogen and oxygen atoms in total. The summed E-state index contributed by atoms with van der Waals surface area (Å²) in [6.45, 7) is 1.89. The number of aromatic nitrogens is 1. The van der Waals surface area contributed by atoms with Gasteiger partial charge in [-0.15, -0.1) is 0 Å². The Morgan fingerprint density at radius 1 is 0.769 bits per heavy atom. The topological polar surface area (TPSA) is 39.1 Å². The first-order chi connectivity index (χ1) is 12.6. The predicted molar refractivity (Wildman–Crippen MR) is 105 cm³/mol. The zero-order chi connectivity index (χ0) is 18.1. The first-order valence-corrected chi connectivity index (χ1v) is 9.96. The SMILES string of the molecule is Cc1c(Cc2ccccc2)c2ccccc2n1S(=O)(=O)c1ccccc1. The standard InChI is InChI=1S/C22H19NO2S/c1-17-21(16-18-10-4-2-5-11-18)20-14-8-9-15-22(20)23(17)26(24,25)19-12-6-3-7-13-19/h2-15H,16H2,1H3. The summed E-state index contributed by atoms with van der Waals surface area (Å²) >= 11 is 0. The van der Waals surface area contributed by atoms with Crippen molar-refractivity contribution >= 4 is 20.9 Å². The molecule has 0 fully saturated rings. The van der Waals surface area contributed by atoms with Gasteiger partial charge in [-0.1, -0.05) is 66.7 Å². The summed E-state index contributed by atoms with van der Waals surface area (Å²) in [5, 5.41) is 0.980. The molecule has 0 aliphatic carbocycles. The summed E-state index contributed by atoms with van der Waals surface area (Å²) in [5.74, 6) is 0. The van der Waals surface area contributed by atoms with E-state index in [9.17, 15) is 8.42 Å². The van der Waals surface area contributed by atoms with Crippen molar-refractivity contribution < 1.29 is 8.42 Å². The average Bonchev–Trinajstić information content (AvgIpc) is 2.96. The molecule has 4 aromatic rings. The van der Waals surface area contributed by atoms with E-state index in [1.54, 1.807) is 24.3 Å². The van der Waals surface area contributed by atoms with Crippen molar-refractivity contribution in [2.45, 2.75) is 18.2 Å². The third-order valence-electron chi connectivity index (χ3n) is 4.69. The van der Waals surface area contributed by atoms with Crippen LogP contribution in [0.25, 0.3) is 10.9 Å². The van der Waals surface area contributed by atoms with Gasteiger partial charge in [0.25, 0.3) is 10.0 Å². The zero-order valence-corrected chi connectivity index (χ0v) is 15.3. The lowest BCUT2D eigenvalue weighted by Crippen LogP contribution is -2.14. The molecule has 1 aromatic heterocycles. The normalized spacial score (nSPS) is 11.7. The predicted octanol–water partition coefficient (Wildman–Crippen LogP) is 4.78. The Bertz CT molecular complexity index is 1160. The third kappa shape index (κ3) is 2.72. The summed E-state index contributed by atoms with van der Waals surface area (Å²) in [4.78, 5) is 0.301. The molecular weight excluding hydrogens is 342 g/mol. The lowest BCUT2D eigenvalue weighted by Gasteiger charge is -2.10. The molecule has 130 valence electrons. The summed E-state index contributed by atoms with van der Waals surface area (Å²) in [6.07, 6.45) is 0.699. The van der Waals surface area contributed by atoms with E-state index < -0.39 is 10.0 Å². The number of rotatable bonds is 4. The van der Waals surface area contributed by atoms with Gasteiger partial charge in [0.15, 0.2) is 0 Å². The Morgan fingerprint density at radius 2 is 1.35 bits per heavy atom. The van der Waals surface area contributed by atoms with Gasteiger partial charge >= 0.3 is 0 Å². The Labute approximate surface area is 153 Å². The molecule has 1 heterocycles. The fourth-order valence-corrected chi connectivity index (χ4v) is 5.04. The molecule has 26 heavy (non-hydrogen) atoms.